The molecule has 0 unspecified atom stereocenters. The number of anilines is 1. The quantitative estimate of drug-likeness (QED) is 0.661. The Bertz CT molecular complexity index is 947. The van der Waals surface area contributed by atoms with E-state index in [9.17, 15) is 9.59 Å². The number of piperazine rings is 1. The van der Waals surface area contributed by atoms with Gasteiger partial charge in [0.25, 0.3) is 5.91 Å². The Morgan fingerprint density at radius 2 is 1.72 bits per heavy atom. The van der Waals surface area contributed by atoms with Gasteiger partial charge in [-0.1, -0.05) is 30.3 Å². The van der Waals surface area contributed by atoms with E-state index < -0.39 is 0 Å². The number of H-pyrrole nitrogens is 1. The normalized spacial score (nSPS) is 14.1. The Kier molecular flexibility index (Phi) is 5.60. The number of carbonyl (C=O) groups excluding carboxylic acids is 2. The van der Waals surface area contributed by atoms with Gasteiger partial charge in [-0.2, -0.15) is 0 Å². The first-order valence-corrected chi connectivity index (χ1v) is 9.61. The number of imidazole rings is 1. The summed E-state index contributed by atoms with van der Waals surface area (Å²) < 4.78 is 5.38. The maximum Gasteiger partial charge on any atom is 0.258 e. The standard InChI is InChI=1S/C21H23N5O3/c27-19(15-29-16-6-2-1-3-7-16)22-14-20(28)25-10-12-26(13-11-25)21-23-17-8-4-5-9-18(17)24-21/h1-9H,10-15H2,(H,22,27)(H,23,24). The zero-order valence-electron chi connectivity index (χ0n) is 16.0. The molecule has 1 saturated heterocycles. The fraction of sp³-hybridized carbons (Fsp3) is 0.286. The molecule has 29 heavy (non-hydrogen) atoms. The minimum Gasteiger partial charge on any atom is -0.484 e. The number of hydrogen-bond acceptors (Lipinski definition) is 5. The van der Waals surface area contributed by atoms with Gasteiger partial charge in [0.1, 0.15) is 5.75 Å². The maximum absolute atomic E-state index is 12.4. The van der Waals surface area contributed by atoms with E-state index >= 15 is 0 Å². The van der Waals surface area contributed by atoms with Crippen molar-refractivity contribution >= 4 is 28.8 Å². The third-order valence-electron chi connectivity index (χ3n) is 4.86. The topological polar surface area (TPSA) is 90.6 Å². The molecule has 1 aliphatic heterocycles. The molecule has 0 aliphatic carbocycles. The lowest BCUT2D eigenvalue weighted by atomic mass is 10.3. The number of hydrogen-bond donors (Lipinski definition) is 2. The van der Waals surface area contributed by atoms with Crippen molar-refractivity contribution in [1.82, 2.24) is 20.2 Å². The van der Waals surface area contributed by atoms with Crippen LogP contribution in [0, 0.1) is 0 Å². The highest BCUT2D eigenvalue weighted by Gasteiger charge is 2.23. The number of carbonyl (C=O) groups is 2. The van der Waals surface area contributed by atoms with Crippen LogP contribution in [0.25, 0.3) is 11.0 Å². The van der Waals surface area contributed by atoms with Crippen LogP contribution < -0.4 is 15.0 Å². The summed E-state index contributed by atoms with van der Waals surface area (Å²) in [6, 6.07) is 17.0. The van der Waals surface area contributed by atoms with E-state index in [0.717, 1.165) is 17.0 Å². The molecule has 0 saturated carbocycles. The molecule has 0 atom stereocenters. The Balaban J connectivity index is 1.21. The fourth-order valence-electron chi connectivity index (χ4n) is 3.26. The molecule has 2 heterocycles. The maximum atomic E-state index is 12.4. The smallest absolute Gasteiger partial charge is 0.258 e. The highest BCUT2D eigenvalue weighted by molar-refractivity contribution is 5.85. The highest BCUT2D eigenvalue weighted by Crippen LogP contribution is 2.18. The molecule has 1 aliphatic rings. The van der Waals surface area contributed by atoms with Crippen molar-refractivity contribution in [3.05, 3.63) is 54.6 Å². The molecule has 2 N–H and O–H groups in total. The Hall–Kier alpha value is -3.55. The van der Waals surface area contributed by atoms with E-state index in [0.29, 0.717) is 31.9 Å². The number of aromatic amines is 1. The molecule has 150 valence electrons. The zero-order chi connectivity index (χ0) is 20.1. The van der Waals surface area contributed by atoms with Gasteiger partial charge in [-0.3, -0.25) is 9.59 Å². The molecule has 3 aromatic rings. The van der Waals surface area contributed by atoms with Crippen LogP contribution in [0.3, 0.4) is 0 Å². The lowest BCUT2D eigenvalue weighted by Gasteiger charge is -2.34. The number of fused-ring (bicyclic) bond motifs is 1. The first-order chi connectivity index (χ1) is 14.2. The van der Waals surface area contributed by atoms with Gasteiger partial charge in [0, 0.05) is 26.2 Å². The third kappa shape index (κ3) is 4.66. The van der Waals surface area contributed by atoms with Crippen LogP contribution in [0.5, 0.6) is 5.75 Å². The van der Waals surface area contributed by atoms with Gasteiger partial charge in [0.05, 0.1) is 17.6 Å². The van der Waals surface area contributed by atoms with Gasteiger partial charge in [-0.05, 0) is 24.3 Å². The summed E-state index contributed by atoms with van der Waals surface area (Å²) in [7, 11) is 0. The average Bonchev–Trinajstić information content (AvgIpc) is 3.21. The van der Waals surface area contributed by atoms with Crippen molar-refractivity contribution in [2.24, 2.45) is 0 Å². The highest BCUT2D eigenvalue weighted by atomic mass is 16.5. The lowest BCUT2D eigenvalue weighted by Crippen LogP contribution is -2.51. The van der Waals surface area contributed by atoms with Crippen LogP contribution in [0.4, 0.5) is 5.95 Å². The van der Waals surface area contributed by atoms with Gasteiger partial charge in [0.2, 0.25) is 11.9 Å². The molecule has 8 nitrogen and oxygen atoms in total. The number of aromatic nitrogens is 2. The summed E-state index contributed by atoms with van der Waals surface area (Å²) in [6.07, 6.45) is 0. The minimum atomic E-state index is -0.317. The molecule has 1 aromatic heterocycles. The van der Waals surface area contributed by atoms with Crippen LogP contribution >= 0.6 is 0 Å². The van der Waals surface area contributed by atoms with Crippen molar-refractivity contribution < 1.29 is 14.3 Å². The predicted molar refractivity (Wildman–Crippen MR) is 110 cm³/mol. The lowest BCUT2D eigenvalue weighted by molar-refractivity contribution is -0.133. The van der Waals surface area contributed by atoms with Gasteiger partial charge in [-0.15, -0.1) is 0 Å². The molecular weight excluding hydrogens is 370 g/mol. The molecule has 1 fully saturated rings. The van der Waals surface area contributed by atoms with Crippen LogP contribution in [0.1, 0.15) is 0 Å². The summed E-state index contributed by atoms with van der Waals surface area (Å²) in [5, 5.41) is 2.62. The van der Waals surface area contributed by atoms with Crippen LogP contribution in [-0.4, -0.2) is 66.0 Å². The number of rotatable bonds is 6. The first-order valence-electron chi connectivity index (χ1n) is 9.61. The second-order valence-electron chi connectivity index (χ2n) is 6.82. The number of para-hydroxylation sites is 3. The summed E-state index contributed by atoms with van der Waals surface area (Å²) in [4.78, 5) is 36.1. The van der Waals surface area contributed by atoms with Crippen LogP contribution in [0.15, 0.2) is 54.6 Å². The monoisotopic (exact) mass is 393 g/mol. The van der Waals surface area contributed by atoms with E-state index in [1.807, 2.05) is 42.5 Å². The van der Waals surface area contributed by atoms with E-state index in [4.69, 9.17) is 4.74 Å². The van der Waals surface area contributed by atoms with Crippen molar-refractivity contribution in [2.45, 2.75) is 0 Å². The summed E-state index contributed by atoms with van der Waals surface area (Å²) in [5.74, 6) is 1.03. The van der Waals surface area contributed by atoms with E-state index in [1.165, 1.54) is 0 Å². The van der Waals surface area contributed by atoms with Crippen molar-refractivity contribution in [2.75, 3.05) is 44.2 Å². The van der Waals surface area contributed by atoms with Crippen molar-refractivity contribution in [3.63, 3.8) is 0 Å². The molecule has 0 spiro atoms. The zero-order valence-corrected chi connectivity index (χ0v) is 16.0. The van der Waals surface area contributed by atoms with E-state index in [2.05, 4.69) is 20.2 Å². The summed E-state index contributed by atoms with van der Waals surface area (Å²) in [5.41, 5.74) is 1.93. The number of ether oxygens (including phenoxy) is 1. The first kappa shape index (κ1) is 18.8. The van der Waals surface area contributed by atoms with Crippen molar-refractivity contribution in [1.29, 1.82) is 0 Å². The number of nitrogens with zero attached hydrogens (tertiary/aromatic N) is 3. The summed E-state index contributed by atoms with van der Waals surface area (Å²) >= 11 is 0. The number of nitrogens with one attached hydrogen (secondary N) is 2. The van der Waals surface area contributed by atoms with E-state index in [-0.39, 0.29) is 25.0 Å². The van der Waals surface area contributed by atoms with Crippen LogP contribution in [0.2, 0.25) is 0 Å². The predicted octanol–water partition coefficient (Wildman–Crippen LogP) is 1.41. The minimum absolute atomic E-state index is 0.0262. The Morgan fingerprint density at radius 1 is 1.00 bits per heavy atom. The second-order valence-corrected chi connectivity index (χ2v) is 6.82. The second kappa shape index (κ2) is 8.64. The number of benzene rings is 2. The molecule has 0 radical (unpaired) electrons. The summed E-state index contributed by atoms with van der Waals surface area (Å²) in [6.45, 7) is 2.42. The van der Waals surface area contributed by atoms with Gasteiger partial charge >= 0.3 is 0 Å². The van der Waals surface area contributed by atoms with E-state index in [1.54, 1.807) is 17.0 Å². The molecular formula is C21H23N5O3. The SMILES string of the molecule is O=C(COc1ccccc1)NCC(=O)N1CCN(c2nc3ccccc3[nH]2)CC1. The largest absolute Gasteiger partial charge is 0.484 e. The molecule has 0 bridgehead atoms. The fourth-order valence-corrected chi connectivity index (χ4v) is 3.26. The van der Waals surface area contributed by atoms with Gasteiger partial charge in [0.15, 0.2) is 6.61 Å². The number of amides is 2. The van der Waals surface area contributed by atoms with Crippen LogP contribution in [-0.2, 0) is 9.59 Å². The average molecular weight is 393 g/mol. The van der Waals surface area contributed by atoms with Crippen molar-refractivity contribution in [3.8, 4) is 5.75 Å². The van der Waals surface area contributed by atoms with Gasteiger partial charge < -0.3 is 24.8 Å². The Morgan fingerprint density at radius 3 is 2.48 bits per heavy atom. The molecule has 2 aromatic carbocycles. The third-order valence-corrected chi connectivity index (χ3v) is 4.86. The Labute approximate surface area is 168 Å². The molecule has 4 rings (SSSR count). The molecule has 8 heteroatoms. The van der Waals surface area contributed by atoms with Gasteiger partial charge in [-0.25, -0.2) is 4.98 Å². The molecule has 2 amide bonds.